The molecule has 0 spiro atoms. The number of rotatable bonds is 5. The smallest absolute Gasteiger partial charge is 0.254 e. The van der Waals surface area contributed by atoms with Gasteiger partial charge in [-0.05, 0) is 57.7 Å². The molecule has 0 bridgehead atoms. The van der Waals surface area contributed by atoms with Gasteiger partial charge in [-0.25, -0.2) is 0 Å². The minimum Gasteiger partial charge on any atom is -0.493 e. The maximum atomic E-state index is 12.8. The van der Waals surface area contributed by atoms with Gasteiger partial charge in [0.1, 0.15) is 0 Å². The van der Waals surface area contributed by atoms with E-state index in [2.05, 4.69) is 6.92 Å². The van der Waals surface area contributed by atoms with E-state index >= 15 is 0 Å². The summed E-state index contributed by atoms with van der Waals surface area (Å²) in [7, 11) is 1.60. The molecule has 1 aliphatic rings. The number of piperidine rings is 1. The summed E-state index contributed by atoms with van der Waals surface area (Å²) < 4.78 is 11.1. The minimum atomic E-state index is 0.0713. The average molecular weight is 305 g/mol. The van der Waals surface area contributed by atoms with E-state index in [-0.39, 0.29) is 12.0 Å². The van der Waals surface area contributed by atoms with Crippen LogP contribution in [0.15, 0.2) is 18.2 Å². The van der Waals surface area contributed by atoms with Crippen LogP contribution >= 0.6 is 0 Å². The first-order valence-electron chi connectivity index (χ1n) is 8.22. The fraction of sp³-hybridized carbons (Fsp3) is 0.611. The van der Waals surface area contributed by atoms with Gasteiger partial charge in [0, 0.05) is 18.2 Å². The molecule has 0 N–H and O–H groups in total. The van der Waals surface area contributed by atoms with Crippen molar-refractivity contribution in [2.75, 3.05) is 13.7 Å². The van der Waals surface area contributed by atoms with Gasteiger partial charge in [-0.2, -0.15) is 0 Å². The Hall–Kier alpha value is -1.71. The molecule has 0 aromatic heterocycles. The highest BCUT2D eigenvalue weighted by atomic mass is 16.5. The van der Waals surface area contributed by atoms with Crippen LogP contribution in [0.2, 0.25) is 0 Å². The van der Waals surface area contributed by atoms with Gasteiger partial charge in [-0.1, -0.05) is 6.92 Å². The molecule has 0 radical (unpaired) electrons. The van der Waals surface area contributed by atoms with Gasteiger partial charge in [0.2, 0.25) is 0 Å². The number of benzene rings is 1. The lowest BCUT2D eigenvalue weighted by Gasteiger charge is -2.35. The van der Waals surface area contributed by atoms with Crippen LogP contribution in [0.4, 0.5) is 0 Å². The van der Waals surface area contributed by atoms with E-state index in [1.807, 2.05) is 30.9 Å². The molecule has 1 saturated heterocycles. The molecular weight excluding hydrogens is 278 g/mol. The summed E-state index contributed by atoms with van der Waals surface area (Å²) in [5, 5.41) is 0. The summed E-state index contributed by atoms with van der Waals surface area (Å²) in [6.07, 6.45) is 4.49. The molecule has 1 unspecified atom stereocenters. The van der Waals surface area contributed by atoms with E-state index in [9.17, 15) is 4.79 Å². The molecule has 122 valence electrons. The quantitative estimate of drug-likeness (QED) is 0.828. The van der Waals surface area contributed by atoms with Crippen LogP contribution in [-0.4, -0.2) is 36.6 Å². The highest BCUT2D eigenvalue weighted by molar-refractivity contribution is 5.95. The maximum absolute atomic E-state index is 12.8. The zero-order chi connectivity index (χ0) is 16.1. The highest BCUT2D eigenvalue weighted by Crippen LogP contribution is 2.30. The Morgan fingerprint density at radius 3 is 2.73 bits per heavy atom. The summed E-state index contributed by atoms with van der Waals surface area (Å²) in [6.45, 7) is 6.94. The number of methoxy groups -OCH3 is 1. The predicted octanol–water partition coefficient (Wildman–Crippen LogP) is 3.89. The van der Waals surface area contributed by atoms with Crippen molar-refractivity contribution >= 4 is 5.91 Å². The van der Waals surface area contributed by atoms with Crippen molar-refractivity contribution in [2.45, 2.75) is 58.6 Å². The predicted molar refractivity (Wildman–Crippen MR) is 87.7 cm³/mol. The third-order valence-electron chi connectivity index (χ3n) is 4.13. The fourth-order valence-corrected chi connectivity index (χ4v) is 3.01. The largest absolute Gasteiger partial charge is 0.493 e. The number of hydrogen-bond acceptors (Lipinski definition) is 3. The second-order valence-electron chi connectivity index (χ2n) is 6.09. The normalized spacial score (nSPS) is 18.4. The molecule has 22 heavy (non-hydrogen) atoms. The lowest BCUT2D eigenvalue weighted by atomic mass is 9.99. The molecule has 1 aromatic rings. The zero-order valence-electron chi connectivity index (χ0n) is 14.1. The van der Waals surface area contributed by atoms with Crippen molar-refractivity contribution in [1.82, 2.24) is 4.90 Å². The van der Waals surface area contributed by atoms with Crippen molar-refractivity contribution in [2.24, 2.45) is 0 Å². The van der Waals surface area contributed by atoms with Gasteiger partial charge in [0.25, 0.3) is 5.91 Å². The third kappa shape index (κ3) is 3.73. The van der Waals surface area contributed by atoms with E-state index < -0.39 is 0 Å². The minimum absolute atomic E-state index is 0.0713. The van der Waals surface area contributed by atoms with Gasteiger partial charge in [-0.15, -0.1) is 0 Å². The summed E-state index contributed by atoms with van der Waals surface area (Å²) in [5.41, 5.74) is 0.674. The number of amides is 1. The third-order valence-corrected chi connectivity index (χ3v) is 4.13. The lowest BCUT2D eigenvalue weighted by molar-refractivity contribution is 0.0607. The van der Waals surface area contributed by atoms with Crippen LogP contribution in [0, 0.1) is 0 Å². The molecule has 1 aliphatic heterocycles. The fourth-order valence-electron chi connectivity index (χ4n) is 3.01. The second-order valence-corrected chi connectivity index (χ2v) is 6.09. The number of likely N-dealkylation sites (tertiary alicyclic amines) is 1. The average Bonchev–Trinajstić information content (AvgIpc) is 2.54. The Kier molecular flexibility index (Phi) is 5.69. The number of carbonyl (C=O) groups excluding carboxylic acids is 1. The van der Waals surface area contributed by atoms with Crippen LogP contribution in [0.25, 0.3) is 0 Å². The van der Waals surface area contributed by atoms with Crippen molar-refractivity contribution in [3.8, 4) is 11.5 Å². The number of ether oxygens (including phenoxy) is 2. The maximum Gasteiger partial charge on any atom is 0.254 e. The SMILES string of the molecule is CCC1CCCCN1C(=O)c1ccc(OC(C)C)c(OC)c1. The first-order chi connectivity index (χ1) is 10.6. The molecule has 0 aliphatic carbocycles. The molecule has 4 nitrogen and oxygen atoms in total. The highest BCUT2D eigenvalue weighted by Gasteiger charge is 2.26. The summed E-state index contributed by atoms with van der Waals surface area (Å²) in [4.78, 5) is 14.8. The standard InChI is InChI=1S/C18H27NO3/c1-5-15-8-6-7-11-19(15)18(20)14-9-10-16(22-13(2)3)17(12-14)21-4/h9-10,12-13,15H,5-8,11H2,1-4H3. The van der Waals surface area contributed by atoms with E-state index in [0.29, 0.717) is 23.1 Å². The van der Waals surface area contributed by atoms with Crippen molar-refractivity contribution in [3.05, 3.63) is 23.8 Å². The molecular formula is C18H27NO3. The Balaban J connectivity index is 2.22. The first-order valence-corrected chi connectivity index (χ1v) is 8.22. The molecule has 1 aromatic carbocycles. The summed E-state index contributed by atoms with van der Waals surface area (Å²) in [6, 6.07) is 5.82. The second kappa shape index (κ2) is 7.52. The van der Waals surface area contributed by atoms with Crippen LogP contribution in [0.1, 0.15) is 56.8 Å². The van der Waals surface area contributed by atoms with Gasteiger partial charge >= 0.3 is 0 Å². The molecule has 0 saturated carbocycles. The van der Waals surface area contributed by atoms with Crippen molar-refractivity contribution < 1.29 is 14.3 Å². The Morgan fingerprint density at radius 2 is 2.09 bits per heavy atom. The molecule has 1 atom stereocenters. The van der Waals surface area contributed by atoms with Crippen LogP contribution in [-0.2, 0) is 0 Å². The Bertz CT molecular complexity index is 513. The zero-order valence-corrected chi connectivity index (χ0v) is 14.1. The number of nitrogens with zero attached hydrogens (tertiary/aromatic N) is 1. The summed E-state index contributed by atoms with van der Waals surface area (Å²) >= 11 is 0. The van der Waals surface area contributed by atoms with Crippen LogP contribution < -0.4 is 9.47 Å². The van der Waals surface area contributed by atoms with E-state index in [1.165, 1.54) is 6.42 Å². The Morgan fingerprint density at radius 1 is 1.32 bits per heavy atom. The van der Waals surface area contributed by atoms with Crippen LogP contribution in [0.3, 0.4) is 0 Å². The van der Waals surface area contributed by atoms with E-state index in [0.717, 1.165) is 25.8 Å². The molecule has 2 rings (SSSR count). The molecule has 1 amide bonds. The van der Waals surface area contributed by atoms with Crippen molar-refractivity contribution in [3.63, 3.8) is 0 Å². The van der Waals surface area contributed by atoms with Gasteiger partial charge in [0.15, 0.2) is 11.5 Å². The van der Waals surface area contributed by atoms with Gasteiger partial charge in [0.05, 0.1) is 13.2 Å². The van der Waals surface area contributed by atoms with E-state index in [4.69, 9.17) is 9.47 Å². The number of carbonyl (C=O) groups is 1. The number of hydrogen-bond donors (Lipinski definition) is 0. The van der Waals surface area contributed by atoms with E-state index in [1.54, 1.807) is 13.2 Å². The Labute approximate surface area is 133 Å². The van der Waals surface area contributed by atoms with Gasteiger partial charge < -0.3 is 14.4 Å². The molecule has 4 heteroatoms. The van der Waals surface area contributed by atoms with Crippen molar-refractivity contribution in [1.29, 1.82) is 0 Å². The monoisotopic (exact) mass is 305 g/mol. The molecule has 1 fully saturated rings. The summed E-state index contributed by atoms with van der Waals surface area (Å²) in [5.74, 6) is 1.39. The molecule has 1 heterocycles. The topological polar surface area (TPSA) is 38.8 Å². The lowest BCUT2D eigenvalue weighted by Crippen LogP contribution is -2.43. The first kappa shape index (κ1) is 16.7. The van der Waals surface area contributed by atoms with Crippen LogP contribution in [0.5, 0.6) is 11.5 Å². The van der Waals surface area contributed by atoms with Gasteiger partial charge in [-0.3, -0.25) is 4.79 Å².